The lowest BCUT2D eigenvalue weighted by Gasteiger charge is -2.38. The molecule has 1 N–H and O–H groups in total. The van der Waals surface area contributed by atoms with Crippen molar-refractivity contribution in [3.63, 3.8) is 0 Å². The van der Waals surface area contributed by atoms with Gasteiger partial charge in [0.1, 0.15) is 11.3 Å². The first-order valence-corrected chi connectivity index (χ1v) is 9.35. The van der Waals surface area contributed by atoms with Gasteiger partial charge in [0.25, 0.3) is 5.91 Å². The first-order chi connectivity index (χ1) is 12.1. The highest BCUT2D eigenvalue weighted by Gasteiger charge is 2.35. The Balaban J connectivity index is 2.03. The number of nitrogens with one attached hydrogen (secondary N) is 1. The van der Waals surface area contributed by atoms with Crippen molar-refractivity contribution in [1.29, 1.82) is 0 Å². The fraction of sp³-hybridized carbons (Fsp3) is 0.474. The number of aromatic nitrogens is 2. The van der Waals surface area contributed by atoms with Crippen LogP contribution in [0.4, 0.5) is 5.69 Å². The number of aryl methyl sites for hydroxylation is 2. The molecule has 1 aliphatic heterocycles. The minimum absolute atomic E-state index is 0.0398. The first kappa shape index (κ1) is 17.8. The molecule has 0 saturated carbocycles. The molecule has 25 heavy (non-hydrogen) atoms. The molecule has 0 spiro atoms. The zero-order valence-electron chi connectivity index (χ0n) is 15.1. The summed E-state index contributed by atoms with van der Waals surface area (Å²) in [5.41, 5.74) is 3.32. The Kier molecular flexibility index (Phi) is 5.33. The number of para-hydroxylation sites is 1. The summed E-state index contributed by atoms with van der Waals surface area (Å²) in [7, 11) is 0. The molecule has 5 nitrogen and oxygen atoms in total. The fourth-order valence-electron chi connectivity index (χ4n) is 3.33. The van der Waals surface area contributed by atoms with Crippen molar-refractivity contribution in [2.24, 2.45) is 0 Å². The number of fused-ring (bicyclic) bond motifs is 1. The SMILES string of the molecule is CCCCn1nc(C)c([C@@H]2Nc3ccccc3C(=O)N2CCC)c1Cl. The third-order valence-corrected chi connectivity index (χ3v) is 4.99. The van der Waals surface area contributed by atoms with Crippen molar-refractivity contribution in [3.8, 4) is 0 Å². The Morgan fingerprint density at radius 1 is 1.20 bits per heavy atom. The molecule has 0 fully saturated rings. The number of benzene rings is 1. The van der Waals surface area contributed by atoms with E-state index in [0.29, 0.717) is 17.3 Å². The van der Waals surface area contributed by atoms with Crippen LogP contribution in [0.15, 0.2) is 24.3 Å². The molecule has 0 bridgehead atoms. The summed E-state index contributed by atoms with van der Waals surface area (Å²) in [6.45, 7) is 7.64. The average molecular weight is 361 g/mol. The van der Waals surface area contributed by atoms with Crippen LogP contribution in [0.25, 0.3) is 0 Å². The third-order valence-electron chi connectivity index (χ3n) is 4.59. The van der Waals surface area contributed by atoms with Crippen LogP contribution in [0.1, 0.15) is 60.9 Å². The second-order valence-corrected chi connectivity index (χ2v) is 6.82. The molecule has 1 aromatic carbocycles. The van der Waals surface area contributed by atoms with Gasteiger partial charge < -0.3 is 10.2 Å². The molecule has 2 heterocycles. The van der Waals surface area contributed by atoms with Gasteiger partial charge in [0.05, 0.1) is 16.8 Å². The molecule has 0 aliphatic carbocycles. The summed E-state index contributed by atoms with van der Waals surface area (Å²) < 4.78 is 1.85. The normalized spacial score (nSPS) is 16.7. The van der Waals surface area contributed by atoms with E-state index < -0.39 is 0 Å². The fourth-order valence-corrected chi connectivity index (χ4v) is 3.69. The maximum atomic E-state index is 13.0. The summed E-state index contributed by atoms with van der Waals surface area (Å²) in [5.74, 6) is 0.0398. The van der Waals surface area contributed by atoms with Crippen molar-refractivity contribution in [2.75, 3.05) is 11.9 Å². The highest BCUT2D eigenvalue weighted by Crippen LogP contribution is 2.37. The van der Waals surface area contributed by atoms with Crippen molar-refractivity contribution in [3.05, 3.63) is 46.2 Å². The highest BCUT2D eigenvalue weighted by molar-refractivity contribution is 6.30. The predicted molar refractivity (Wildman–Crippen MR) is 101 cm³/mol. The van der Waals surface area contributed by atoms with Gasteiger partial charge in [-0.05, 0) is 31.9 Å². The molecule has 3 rings (SSSR count). The van der Waals surface area contributed by atoms with E-state index in [1.807, 2.05) is 40.8 Å². The molecule has 2 aromatic rings. The van der Waals surface area contributed by atoms with Gasteiger partial charge in [0, 0.05) is 18.8 Å². The molecule has 0 saturated heterocycles. The van der Waals surface area contributed by atoms with E-state index in [2.05, 4.69) is 24.3 Å². The minimum Gasteiger partial charge on any atom is -0.361 e. The molecule has 6 heteroatoms. The topological polar surface area (TPSA) is 50.2 Å². The van der Waals surface area contributed by atoms with Crippen LogP contribution in [0, 0.1) is 6.92 Å². The monoisotopic (exact) mass is 360 g/mol. The van der Waals surface area contributed by atoms with E-state index in [9.17, 15) is 4.79 Å². The molecule has 0 radical (unpaired) electrons. The lowest BCUT2D eigenvalue weighted by Crippen LogP contribution is -2.43. The smallest absolute Gasteiger partial charge is 0.257 e. The van der Waals surface area contributed by atoms with Crippen molar-refractivity contribution < 1.29 is 4.79 Å². The van der Waals surface area contributed by atoms with Crippen molar-refractivity contribution >= 4 is 23.2 Å². The van der Waals surface area contributed by atoms with Crippen molar-refractivity contribution in [2.45, 2.75) is 52.7 Å². The zero-order chi connectivity index (χ0) is 18.0. The number of rotatable bonds is 6. The number of hydrogen-bond acceptors (Lipinski definition) is 3. The number of carbonyl (C=O) groups excluding carboxylic acids is 1. The number of anilines is 1. The number of unbranched alkanes of at least 4 members (excludes halogenated alkanes) is 1. The number of hydrogen-bond donors (Lipinski definition) is 1. The lowest BCUT2D eigenvalue weighted by atomic mass is 10.0. The molecular formula is C19H25ClN4O. The molecule has 1 atom stereocenters. The Morgan fingerprint density at radius 3 is 2.68 bits per heavy atom. The Bertz CT molecular complexity index is 771. The maximum Gasteiger partial charge on any atom is 0.257 e. The van der Waals surface area contributed by atoms with Gasteiger partial charge >= 0.3 is 0 Å². The van der Waals surface area contributed by atoms with Gasteiger partial charge in [-0.3, -0.25) is 9.48 Å². The Hall–Kier alpha value is -2.01. The van der Waals surface area contributed by atoms with Crippen LogP contribution >= 0.6 is 11.6 Å². The van der Waals surface area contributed by atoms with E-state index in [0.717, 1.165) is 42.8 Å². The second kappa shape index (κ2) is 7.48. The molecule has 1 amide bonds. The third kappa shape index (κ3) is 3.25. The van der Waals surface area contributed by atoms with Gasteiger partial charge in [0.2, 0.25) is 0 Å². The predicted octanol–water partition coefficient (Wildman–Crippen LogP) is 4.62. The Labute approximate surface area is 154 Å². The van der Waals surface area contributed by atoms with Crippen LogP contribution in [-0.4, -0.2) is 27.1 Å². The zero-order valence-corrected chi connectivity index (χ0v) is 15.8. The molecule has 1 aliphatic rings. The lowest BCUT2D eigenvalue weighted by molar-refractivity contribution is 0.0683. The van der Waals surface area contributed by atoms with Crippen LogP contribution < -0.4 is 5.32 Å². The summed E-state index contributed by atoms with van der Waals surface area (Å²) in [4.78, 5) is 14.9. The van der Waals surface area contributed by atoms with E-state index in [1.165, 1.54) is 0 Å². The quantitative estimate of drug-likeness (QED) is 0.817. The summed E-state index contributed by atoms with van der Waals surface area (Å²) in [6, 6.07) is 7.63. The number of amides is 1. The van der Waals surface area contributed by atoms with Gasteiger partial charge in [-0.2, -0.15) is 5.10 Å². The maximum absolute atomic E-state index is 13.0. The molecular weight excluding hydrogens is 336 g/mol. The van der Waals surface area contributed by atoms with Crippen LogP contribution in [0.2, 0.25) is 5.15 Å². The summed E-state index contributed by atoms with van der Waals surface area (Å²) in [6.07, 6.45) is 2.70. The van der Waals surface area contributed by atoms with Crippen LogP contribution in [0.5, 0.6) is 0 Å². The molecule has 134 valence electrons. The highest BCUT2D eigenvalue weighted by atomic mass is 35.5. The van der Waals surface area contributed by atoms with E-state index in [4.69, 9.17) is 11.6 Å². The molecule has 0 unspecified atom stereocenters. The van der Waals surface area contributed by atoms with Gasteiger partial charge in [-0.1, -0.05) is 44.0 Å². The van der Waals surface area contributed by atoms with Gasteiger partial charge in [-0.25, -0.2) is 0 Å². The second-order valence-electron chi connectivity index (χ2n) is 6.46. The number of carbonyl (C=O) groups is 1. The Morgan fingerprint density at radius 2 is 1.96 bits per heavy atom. The number of nitrogens with zero attached hydrogens (tertiary/aromatic N) is 3. The van der Waals surface area contributed by atoms with Crippen LogP contribution in [-0.2, 0) is 6.54 Å². The minimum atomic E-state index is -0.287. The van der Waals surface area contributed by atoms with E-state index in [-0.39, 0.29) is 12.1 Å². The number of halogens is 1. The van der Waals surface area contributed by atoms with E-state index >= 15 is 0 Å². The van der Waals surface area contributed by atoms with Gasteiger partial charge in [-0.15, -0.1) is 0 Å². The average Bonchev–Trinajstić information content (AvgIpc) is 2.89. The largest absolute Gasteiger partial charge is 0.361 e. The van der Waals surface area contributed by atoms with E-state index in [1.54, 1.807) is 0 Å². The van der Waals surface area contributed by atoms with Crippen LogP contribution in [0.3, 0.4) is 0 Å². The summed E-state index contributed by atoms with van der Waals surface area (Å²) >= 11 is 6.66. The molecule has 1 aromatic heterocycles. The van der Waals surface area contributed by atoms with Crippen molar-refractivity contribution in [1.82, 2.24) is 14.7 Å². The first-order valence-electron chi connectivity index (χ1n) is 8.97. The van der Waals surface area contributed by atoms with Gasteiger partial charge in [0.15, 0.2) is 0 Å². The summed E-state index contributed by atoms with van der Waals surface area (Å²) in [5, 5.41) is 8.72. The standard InChI is InChI=1S/C19H25ClN4O/c1-4-6-12-24-17(20)16(13(3)22-24)18-21-15-10-8-7-9-14(15)19(25)23(18)11-5-2/h7-10,18,21H,4-6,11-12H2,1-3H3/t18-/m1/s1.